The molecule has 1 N–H and O–H groups in total. The number of carbonyl (C=O) groups is 1. The maximum atomic E-state index is 13.6. The number of fused-ring (bicyclic) bond motifs is 3. The summed E-state index contributed by atoms with van der Waals surface area (Å²) in [5.74, 6) is -0.0750. The van der Waals surface area contributed by atoms with Crippen LogP contribution < -0.4 is 11.0 Å². The zero-order chi connectivity index (χ0) is 20.7. The molecule has 3 heterocycles. The van der Waals surface area contributed by atoms with Gasteiger partial charge in [-0.25, -0.2) is 4.68 Å². The van der Waals surface area contributed by atoms with Gasteiger partial charge in [-0.15, -0.1) is 0 Å². The molecule has 0 bridgehead atoms. The average Bonchev–Trinajstić information content (AvgIpc) is 3.29. The second-order valence-electron chi connectivity index (χ2n) is 7.72. The largest absolute Gasteiger partial charge is 0.380 e. The van der Waals surface area contributed by atoms with Crippen molar-refractivity contribution in [3.63, 3.8) is 0 Å². The van der Waals surface area contributed by atoms with E-state index in [-0.39, 0.29) is 17.6 Å². The number of benzene rings is 2. The molecule has 2 aliphatic heterocycles. The maximum absolute atomic E-state index is 13.6. The Kier molecular flexibility index (Phi) is 4.64. The Labute approximate surface area is 174 Å². The molecule has 30 heavy (non-hydrogen) atoms. The van der Waals surface area contributed by atoms with E-state index < -0.39 is 0 Å². The third-order valence-corrected chi connectivity index (χ3v) is 5.98. The summed E-state index contributed by atoms with van der Waals surface area (Å²) < 4.78 is 6.99. The van der Waals surface area contributed by atoms with Crippen LogP contribution in [0, 0.1) is 0 Å². The molecule has 0 saturated carbocycles. The summed E-state index contributed by atoms with van der Waals surface area (Å²) in [4.78, 5) is 28.8. The van der Waals surface area contributed by atoms with E-state index in [1.165, 1.54) is 0 Å². The molecule has 152 valence electrons. The van der Waals surface area contributed by atoms with E-state index in [0.717, 1.165) is 23.1 Å². The Morgan fingerprint density at radius 3 is 2.60 bits per heavy atom. The van der Waals surface area contributed by atoms with Crippen LogP contribution in [-0.4, -0.2) is 41.8 Å². The van der Waals surface area contributed by atoms with Crippen LogP contribution in [0.15, 0.2) is 65.5 Å². The quantitative estimate of drug-likeness (QED) is 0.733. The van der Waals surface area contributed by atoms with E-state index in [4.69, 9.17) is 4.74 Å². The lowest BCUT2D eigenvalue weighted by Crippen LogP contribution is -2.38. The molecule has 1 saturated heterocycles. The van der Waals surface area contributed by atoms with Gasteiger partial charge in [0.25, 0.3) is 11.5 Å². The van der Waals surface area contributed by atoms with Gasteiger partial charge in [0, 0.05) is 31.3 Å². The number of likely N-dealkylation sites (tertiary alicyclic amines) is 1. The molecular weight excluding hydrogens is 378 g/mol. The Morgan fingerprint density at radius 2 is 1.83 bits per heavy atom. The van der Waals surface area contributed by atoms with E-state index in [2.05, 4.69) is 5.43 Å². The summed E-state index contributed by atoms with van der Waals surface area (Å²) in [6.07, 6.45) is 0.868. The fourth-order valence-corrected chi connectivity index (χ4v) is 4.37. The van der Waals surface area contributed by atoms with Gasteiger partial charge in [-0.2, -0.15) is 0 Å². The second kappa shape index (κ2) is 7.46. The lowest BCUT2D eigenvalue weighted by molar-refractivity contribution is 0.0724. The third-order valence-electron chi connectivity index (χ3n) is 5.98. The van der Waals surface area contributed by atoms with Gasteiger partial charge in [-0.05, 0) is 23.6 Å². The Bertz CT molecular complexity index is 1170. The van der Waals surface area contributed by atoms with Crippen LogP contribution in [0.4, 0.5) is 0 Å². The molecule has 1 amide bonds. The van der Waals surface area contributed by atoms with Crippen LogP contribution in [0.2, 0.25) is 0 Å². The molecular formula is C24H23N3O3. The summed E-state index contributed by atoms with van der Waals surface area (Å²) in [5, 5.41) is 0. The number of nitrogens with zero attached hydrogens (tertiary/aromatic N) is 2. The molecule has 3 aromatic rings. The minimum absolute atomic E-state index is 0.0511. The molecule has 6 nitrogen and oxygen atoms in total. The SMILES string of the molecule is CO[C@H]1CCN(C(=O)c2cc(-c3ccccc3)c(=O)n3c2-c2ccccc2CN3)C1. The van der Waals surface area contributed by atoms with Gasteiger partial charge in [0.1, 0.15) is 0 Å². The maximum Gasteiger partial charge on any atom is 0.277 e. The summed E-state index contributed by atoms with van der Waals surface area (Å²) in [6.45, 7) is 1.74. The first-order chi connectivity index (χ1) is 14.7. The van der Waals surface area contributed by atoms with Crippen LogP contribution in [-0.2, 0) is 11.3 Å². The van der Waals surface area contributed by atoms with Crippen molar-refractivity contribution in [3.05, 3.63) is 82.1 Å². The fraction of sp³-hybridized carbons (Fsp3) is 0.250. The predicted molar refractivity (Wildman–Crippen MR) is 116 cm³/mol. The van der Waals surface area contributed by atoms with Gasteiger partial charge in [-0.3, -0.25) is 9.59 Å². The van der Waals surface area contributed by atoms with Crippen molar-refractivity contribution >= 4 is 5.91 Å². The summed E-state index contributed by atoms with van der Waals surface area (Å²) >= 11 is 0. The van der Waals surface area contributed by atoms with Gasteiger partial charge in [0.15, 0.2) is 0 Å². The number of aromatic nitrogens is 1. The molecule has 0 radical (unpaired) electrons. The third kappa shape index (κ3) is 3.00. The lowest BCUT2D eigenvalue weighted by Gasteiger charge is -2.27. The smallest absolute Gasteiger partial charge is 0.277 e. The summed E-state index contributed by atoms with van der Waals surface area (Å²) in [7, 11) is 1.68. The number of amides is 1. The van der Waals surface area contributed by atoms with Crippen LogP contribution in [0.5, 0.6) is 0 Å². The zero-order valence-corrected chi connectivity index (χ0v) is 16.8. The van der Waals surface area contributed by atoms with Gasteiger partial charge in [-0.1, -0.05) is 54.6 Å². The number of rotatable bonds is 3. The lowest BCUT2D eigenvalue weighted by atomic mass is 9.95. The zero-order valence-electron chi connectivity index (χ0n) is 16.8. The highest BCUT2D eigenvalue weighted by Crippen LogP contribution is 2.32. The number of pyridine rings is 1. The van der Waals surface area contributed by atoms with E-state index in [1.807, 2.05) is 59.5 Å². The van der Waals surface area contributed by atoms with Gasteiger partial charge in [0.05, 0.1) is 23.9 Å². The number of hydrogen-bond acceptors (Lipinski definition) is 4. The van der Waals surface area contributed by atoms with Crippen molar-refractivity contribution in [1.29, 1.82) is 0 Å². The second-order valence-corrected chi connectivity index (χ2v) is 7.72. The van der Waals surface area contributed by atoms with Gasteiger partial charge >= 0.3 is 0 Å². The van der Waals surface area contributed by atoms with Crippen molar-refractivity contribution in [2.24, 2.45) is 0 Å². The molecule has 6 heteroatoms. The summed E-state index contributed by atoms with van der Waals surface area (Å²) in [6, 6.07) is 19.2. The molecule has 1 aromatic heterocycles. The molecule has 0 unspecified atom stereocenters. The van der Waals surface area contributed by atoms with E-state index in [0.29, 0.717) is 36.5 Å². The normalized spacial score (nSPS) is 17.2. The van der Waals surface area contributed by atoms with Gasteiger partial charge < -0.3 is 15.1 Å². The predicted octanol–water partition coefficient (Wildman–Crippen LogP) is 3.10. The standard InChI is InChI=1S/C24H23N3O3/c1-30-18-11-12-26(15-18)23(28)21-13-20(16-7-3-2-4-8-16)24(29)27-22(21)19-10-6-5-9-17(19)14-25-27/h2-10,13,18,25H,11-12,14-15H2,1H3/t18-/m0/s1. The van der Waals surface area contributed by atoms with Crippen LogP contribution in [0.1, 0.15) is 22.3 Å². The number of methoxy groups -OCH3 is 1. The average molecular weight is 401 g/mol. The molecule has 5 rings (SSSR count). The first-order valence-electron chi connectivity index (χ1n) is 10.2. The molecule has 1 fully saturated rings. The highest BCUT2D eigenvalue weighted by atomic mass is 16.5. The molecule has 2 aromatic carbocycles. The topological polar surface area (TPSA) is 63.6 Å². The number of nitrogens with one attached hydrogen (secondary N) is 1. The first-order valence-corrected chi connectivity index (χ1v) is 10.2. The molecule has 1 atom stereocenters. The molecule has 0 aliphatic carbocycles. The minimum atomic E-state index is -0.154. The summed E-state index contributed by atoms with van der Waals surface area (Å²) in [5.41, 5.74) is 7.51. The number of ether oxygens (including phenoxy) is 1. The Balaban J connectivity index is 1.72. The monoisotopic (exact) mass is 401 g/mol. The van der Waals surface area contributed by atoms with Crippen LogP contribution in [0.25, 0.3) is 22.4 Å². The van der Waals surface area contributed by atoms with E-state index >= 15 is 0 Å². The van der Waals surface area contributed by atoms with Crippen LogP contribution >= 0.6 is 0 Å². The molecule has 2 aliphatic rings. The Hall–Kier alpha value is -3.38. The van der Waals surface area contributed by atoms with E-state index in [1.54, 1.807) is 17.9 Å². The number of hydrogen-bond donors (Lipinski definition) is 1. The van der Waals surface area contributed by atoms with Crippen molar-refractivity contribution in [2.75, 3.05) is 25.6 Å². The van der Waals surface area contributed by atoms with Crippen LogP contribution in [0.3, 0.4) is 0 Å². The Morgan fingerprint density at radius 1 is 1.07 bits per heavy atom. The minimum Gasteiger partial charge on any atom is -0.380 e. The highest BCUT2D eigenvalue weighted by molar-refractivity contribution is 6.02. The van der Waals surface area contributed by atoms with Crippen molar-refractivity contribution < 1.29 is 9.53 Å². The van der Waals surface area contributed by atoms with Crippen molar-refractivity contribution in [2.45, 2.75) is 19.1 Å². The fourth-order valence-electron chi connectivity index (χ4n) is 4.37. The van der Waals surface area contributed by atoms with Gasteiger partial charge in [0.2, 0.25) is 0 Å². The van der Waals surface area contributed by atoms with E-state index in [9.17, 15) is 9.59 Å². The number of carbonyl (C=O) groups excluding carboxylic acids is 1. The molecule has 0 spiro atoms. The first kappa shape index (κ1) is 18.6. The van der Waals surface area contributed by atoms with Crippen molar-refractivity contribution in [1.82, 2.24) is 9.58 Å². The van der Waals surface area contributed by atoms with Crippen molar-refractivity contribution in [3.8, 4) is 22.4 Å². The highest BCUT2D eigenvalue weighted by Gasteiger charge is 2.32.